The Kier molecular flexibility index (Phi) is 13.3. The third kappa shape index (κ3) is 10.4. The first kappa shape index (κ1) is 47.8. The molecule has 17 heteroatoms. The fourth-order valence-corrected chi connectivity index (χ4v) is 8.55. The van der Waals surface area contributed by atoms with Crippen molar-refractivity contribution < 1.29 is 23.8 Å². The van der Waals surface area contributed by atoms with Gasteiger partial charge in [-0.25, -0.2) is 20.0 Å². The maximum atomic E-state index is 14.5. The first-order valence-electron chi connectivity index (χ1n) is 22.9. The summed E-state index contributed by atoms with van der Waals surface area (Å²) in [7, 11) is -2.04. The minimum absolute atomic E-state index is 0.261. The highest BCUT2D eigenvalue weighted by atomic mass is 16.4. The Labute approximate surface area is 404 Å². The molecule has 0 radical (unpaired) electrons. The number of aromatic nitrogens is 2. The van der Waals surface area contributed by atoms with E-state index in [0.717, 1.165) is 27.8 Å². The van der Waals surface area contributed by atoms with Crippen LogP contribution in [0.3, 0.4) is 0 Å². The second-order valence-electron chi connectivity index (χ2n) is 19.7. The predicted octanol–water partition coefficient (Wildman–Crippen LogP) is 7.24. The Hall–Kier alpha value is -7.65. The van der Waals surface area contributed by atoms with Crippen LogP contribution >= 0.6 is 0 Å². The first-order valence-corrected chi connectivity index (χ1v) is 22.9. The number of amides is 4. The zero-order chi connectivity index (χ0) is 49.4. The van der Waals surface area contributed by atoms with Gasteiger partial charge in [0.05, 0.1) is 29.4 Å². The third-order valence-corrected chi connectivity index (χ3v) is 11.8. The minimum atomic E-state index is -1.03. The Morgan fingerprint density at radius 2 is 1.16 bits per heavy atom. The largest absolute Gasteiger partial charge is 0.462 e. The number of hydrogen-bond donors (Lipinski definition) is 2. The number of hydrogen-bond acceptors (Lipinski definition) is 11. The molecule has 2 aliphatic heterocycles. The van der Waals surface area contributed by atoms with Crippen molar-refractivity contribution in [2.75, 3.05) is 9.84 Å². The van der Waals surface area contributed by atoms with Gasteiger partial charge >= 0.3 is 14.1 Å². The number of hydrazine groups is 2. The molecule has 350 valence electrons. The van der Waals surface area contributed by atoms with Gasteiger partial charge in [0, 0.05) is 29.1 Å². The van der Waals surface area contributed by atoms with Gasteiger partial charge in [-0.1, -0.05) is 64.7 Å². The molecule has 3 aromatic carbocycles. The molecule has 4 heterocycles. The van der Waals surface area contributed by atoms with Crippen LogP contribution in [-0.2, 0) is 9.37 Å². The van der Waals surface area contributed by atoms with Crippen molar-refractivity contribution in [3.05, 3.63) is 171 Å². The van der Waals surface area contributed by atoms with E-state index in [2.05, 4.69) is 20.8 Å². The average molecular weight is 923 g/mol. The van der Waals surface area contributed by atoms with Gasteiger partial charge < -0.3 is 4.57 Å². The Balaban J connectivity index is 1.17. The Bertz CT molecular complexity index is 2910. The molecule has 8 rings (SSSR count). The molecule has 1 unspecified atom stereocenters. The van der Waals surface area contributed by atoms with E-state index >= 15 is 0 Å². The normalized spacial score (nSPS) is 15.4. The lowest BCUT2D eigenvalue weighted by atomic mass is 9.58. The van der Waals surface area contributed by atoms with E-state index in [4.69, 9.17) is 14.8 Å². The van der Waals surface area contributed by atoms with Gasteiger partial charge in [0.1, 0.15) is 11.6 Å². The number of aryl methyl sites for hydroxylation is 4. The van der Waals surface area contributed by atoms with Crippen molar-refractivity contribution in [1.82, 2.24) is 30.8 Å². The number of allylic oxidation sites excluding steroid dienone is 3. The third-order valence-electron chi connectivity index (χ3n) is 11.8. The van der Waals surface area contributed by atoms with Crippen LogP contribution in [0.25, 0.3) is 0 Å². The molecule has 1 atom stereocenters. The van der Waals surface area contributed by atoms with Crippen molar-refractivity contribution in [1.29, 1.82) is 0 Å². The number of carbonyl (C=O) groups is 4. The number of carbonyl (C=O) groups excluding carboxylic acids is 4. The molecule has 0 saturated carbocycles. The summed E-state index contributed by atoms with van der Waals surface area (Å²) in [5.41, 5.74) is 11.9. The number of nitrogens with zero attached hydrogens (tertiary/aromatic N) is 8. The van der Waals surface area contributed by atoms with Gasteiger partial charge in [-0.3, -0.25) is 39.9 Å². The Morgan fingerprint density at radius 1 is 0.638 bits per heavy atom. The molecule has 69 heavy (non-hydrogen) atoms. The van der Waals surface area contributed by atoms with Crippen molar-refractivity contribution >= 4 is 67.3 Å². The Morgan fingerprint density at radius 3 is 1.68 bits per heavy atom. The lowest BCUT2D eigenvalue weighted by molar-refractivity contribution is -0.129. The zero-order valence-corrected chi connectivity index (χ0v) is 40.7. The molecule has 0 bridgehead atoms. The standard InChI is InChI=1S/C52H56B2N10O5/c1-33-23-34(2)26-41(25-33)49(67)61(51(5,6)7)59-47(65)37-17-19-39-31-57-63(45-15-11-13-21-55-45)53(43(39)29-37)69-54-44-30-38(18-20-40(44)32-58-64(54)46-16-12-14-22-56-46)48(66)60-62(52(8,9)10)50(68)42-27-35(3)24-36(4)28-42/h11-17,19-32,38H,18H2,1-10H3,(H,59,65)(H,60,66). The highest BCUT2D eigenvalue weighted by molar-refractivity contribution is 6.82. The van der Waals surface area contributed by atoms with Crippen molar-refractivity contribution in [2.24, 2.45) is 16.1 Å². The molecule has 0 spiro atoms. The van der Waals surface area contributed by atoms with Gasteiger partial charge in [0.2, 0.25) is 5.91 Å². The smallest absolute Gasteiger partial charge is 0.452 e. The molecular formula is C52H56B2N10O5. The summed E-state index contributed by atoms with van der Waals surface area (Å²) in [5, 5.41) is 12.4. The monoisotopic (exact) mass is 922 g/mol. The van der Waals surface area contributed by atoms with Crippen LogP contribution in [0.2, 0.25) is 0 Å². The summed E-state index contributed by atoms with van der Waals surface area (Å²) in [6, 6.07) is 27.3. The molecule has 4 amide bonds. The lowest BCUT2D eigenvalue weighted by Crippen LogP contribution is -2.59. The number of rotatable bonds is 8. The quantitative estimate of drug-likeness (QED) is 0.121. The van der Waals surface area contributed by atoms with Crippen LogP contribution in [0, 0.1) is 33.6 Å². The number of fused-ring (bicyclic) bond motifs is 2. The molecule has 0 fully saturated rings. The van der Waals surface area contributed by atoms with E-state index in [0.29, 0.717) is 45.7 Å². The molecule has 3 aliphatic rings. The van der Waals surface area contributed by atoms with E-state index < -0.39 is 37.0 Å². The molecular weight excluding hydrogens is 866 g/mol. The van der Waals surface area contributed by atoms with E-state index in [1.54, 1.807) is 71.1 Å². The van der Waals surface area contributed by atoms with E-state index in [-0.39, 0.29) is 23.3 Å². The molecule has 15 nitrogen and oxygen atoms in total. The zero-order valence-electron chi connectivity index (χ0n) is 40.7. The summed E-state index contributed by atoms with van der Waals surface area (Å²) in [5.74, 6) is -1.36. The second-order valence-corrected chi connectivity index (χ2v) is 19.7. The fraction of sp³-hybridized carbons (Fsp3) is 0.269. The van der Waals surface area contributed by atoms with E-state index in [9.17, 15) is 19.2 Å². The summed E-state index contributed by atoms with van der Waals surface area (Å²) in [6.45, 7) is 18.9. The van der Waals surface area contributed by atoms with Gasteiger partial charge in [-0.05, 0) is 158 Å². The summed E-state index contributed by atoms with van der Waals surface area (Å²) >= 11 is 0. The van der Waals surface area contributed by atoms with Gasteiger partial charge in [0.25, 0.3) is 17.7 Å². The second kappa shape index (κ2) is 19.2. The summed E-state index contributed by atoms with van der Waals surface area (Å²) in [6.07, 6.45) is 10.8. The van der Waals surface area contributed by atoms with Crippen LogP contribution in [0.4, 0.5) is 11.6 Å². The maximum Gasteiger partial charge on any atom is 0.462 e. The predicted molar refractivity (Wildman–Crippen MR) is 272 cm³/mol. The van der Waals surface area contributed by atoms with Gasteiger partial charge in [-0.15, -0.1) is 0 Å². The highest BCUT2D eigenvalue weighted by Gasteiger charge is 2.46. The molecule has 0 saturated heterocycles. The van der Waals surface area contributed by atoms with Crippen LogP contribution in [0.5, 0.6) is 0 Å². The maximum absolute atomic E-state index is 14.5. The molecule has 5 aromatic rings. The lowest BCUT2D eigenvalue weighted by Gasteiger charge is -2.38. The van der Waals surface area contributed by atoms with Crippen molar-refractivity contribution in [2.45, 2.75) is 86.7 Å². The number of hydrazone groups is 2. The van der Waals surface area contributed by atoms with Crippen molar-refractivity contribution in [3.63, 3.8) is 0 Å². The summed E-state index contributed by atoms with van der Waals surface area (Å²) < 4.78 is 7.28. The topological polar surface area (TPSA) is 165 Å². The first-order chi connectivity index (χ1) is 32.7. The number of benzene rings is 3. The van der Waals surface area contributed by atoms with Crippen LogP contribution in [0.15, 0.2) is 137 Å². The number of nitrogens with one attached hydrogen (secondary N) is 2. The van der Waals surface area contributed by atoms with Crippen LogP contribution in [-0.4, -0.2) is 81.2 Å². The summed E-state index contributed by atoms with van der Waals surface area (Å²) in [4.78, 5) is 69.6. The minimum Gasteiger partial charge on any atom is -0.452 e. The molecule has 2 N–H and O–H groups in total. The molecule has 2 aromatic heterocycles. The van der Waals surface area contributed by atoms with E-state index in [1.165, 1.54) is 10.0 Å². The van der Waals surface area contributed by atoms with Crippen LogP contribution in [0.1, 0.15) is 107 Å². The fourth-order valence-electron chi connectivity index (χ4n) is 8.55. The average Bonchev–Trinajstić information content (AvgIpc) is 3.31. The van der Waals surface area contributed by atoms with E-state index in [1.807, 2.05) is 136 Å². The molecule has 1 aliphatic carbocycles. The van der Waals surface area contributed by atoms with Gasteiger partial charge in [-0.2, -0.15) is 10.2 Å². The van der Waals surface area contributed by atoms with Crippen molar-refractivity contribution in [3.8, 4) is 0 Å². The number of anilines is 2. The number of pyridine rings is 2. The van der Waals surface area contributed by atoms with Crippen LogP contribution < -0.4 is 26.2 Å². The highest BCUT2D eigenvalue weighted by Crippen LogP contribution is 2.33. The SMILES string of the molecule is Cc1cc(C)cc(C(=O)N(NC(=O)c2ccc3c(c2)B(OB2C4=CC(C(=O)NN(C(=O)c5cc(C)cc(C)c5)C(C)(C)C)CC=C4C=NN2c2ccccn2)N(c2ccccn2)N=C3)C(C)(C)C)c1. The van der Waals surface area contributed by atoms with Gasteiger partial charge in [0.15, 0.2) is 0 Å².